The molecule has 1 unspecified atom stereocenters. The Balaban J connectivity index is 2.24. The molecule has 1 fully saturated rings. The van der Waals surface area contributed by atoms with Crippen molar-refractivity contribution in [2.24, 2.45) is 5.41 Å². The first-order valence-corrected chi connectivity index (χ1v) is 6.89. The van der Waals surface area contributed by atoms with Gasteiger partial charge in [-0.15, -0.1) is 0 Å². The van der Waals surface area contributed by atoms with Gasteiger partial charge in [-0.25, -0.2) is 0 Å². The van der Waals surface area contributed by atoms with Crippen LogP contribution in [0.2, 0.25) is 0 Å². The molecule has 0 amide bonds. The quantitative estimate of drug-likeness (QED) is 0.777. The van der Waals surface area contributed by atoms with Crippen molar-refractivity contribution in [2.45, 2.75) is 39.2 Å². The number of esters is 1. The molecule has 2 heterocycles. The highest BCUT2D eigenvalue weighted by molar-refractivity contribution is 5.76. The number of carbonyl (C=O) groups is 1. The first kappa shape index (κ1) is 14.9. The molecule has 1 aromatic heterocycles. The lowest BCUT2D eigenvalue weighted by Gasteiger charge is -2.30. The van der Waals surface area contributed by atoms with Crippen LogP contribution >= 0.6 is 0 Å². The Morgan fingerprint density at radius 1 is 1.45 bits per heavy atom. The molecule has 0 aliphatic carbocycles. The molecule has 20 heavy (non-hydrogen) atoms. The zero-order chi connectivity index (χ0) is 14.8. The molecule has 0 bridgehead atoms. The fourth-order valence-corrected chi connectivity index (χ4v) is 2.01. The summed E-state index contributed by atoms with van der Waals surface area (Å²) in [6, 6.07) is 3.49. The number of furan rings is 1. The Hall–Kier alpha value is -1.49. The summed E-state index contributed by atoms with van der Waals surface area (Å²) in [5, 5.41) is 0. The van der Waals surface area contributed by atoms with E-state index in [1.165, 1.54) is 7.11 Å². The Bertz CT molecular complexity index is 468. The third-order valence-corrected chi connectivity index (χ3v) is 3.94. The SMILES string of the molecule is CCC(C)(C)C(=O)OC1(c2ccc(OC)o2)CCOC1. The maximum absolute atomic E-state index is 12.4. The van der Waals surface area contributed by atoms with E-state index in [-0.39, 0.29) is 5.97 Å². The standard InChI is InChI=1S/C15H22O5/c1-5-14(2,3)13(16)20-15(8-9-18-10-15)11-6-7-12(17-4)19-11/h6-7H,5,8-10H2,1-4H3. The highest BCUT2D eigenvalue weighted by atomic mass is 16.6. The summed E-state index contributed by atoms with van der Waals surface area (Å²) in [7, 11) is 1.53. The predicted molar refractivity (Wildman–Crippen MR) is 72.5 cm³/mol. The van der Waals surface area contributed by atoms with Crippen LogP contribution in [0.3, 0.4) is 0 Å². The van der Waals surface area contributed by atoms with Crippen LogP contribution in [0.15, 0.2) is 16.5 Å². The largest absolute Gasteiger partial charge is 0.468 e. The first-order valence-electron chi connectivity index (χ1n) is 6.89. The van der Waals surface area contributed by atoms with Gasteiger partial charge in [0.25, 0.3) is 5.95 Å². The lowest BCUT2D eigenvalue weighted by molar-refractivity contribution is -0.174. The molecule has 1 aliphatic rings. The molecule has 2 rings (SSSR count). The van der Waals surface area contributed by atoms with Crippen LogP contribution in [-0.4, -0.2) is 26.3 Å². The summed E-state index contributed by atoms with van der Waals surface area (Å²) in [4.78, 5) is 12.4. The summed E-state index contributed by atoms with van der Waals surface area (Å²) in [6.45, 7) is 6.58. The highest BCUT2D eigenvalue weighted by Gasteiger charge is 2.46. The number of rotatable bonds is 5. The zero-order valence-electron chi connectivity index (χ0n) is 12.5. The molecule has 0 radical (unpaired) electrons. The van der Waals surface area contributed by atoms with Crippen molar-refractivity contribution >= 4 is 5.97 Å². The summed E-state index contributed by atoms with van der Waals surface area (Å²) in [5.41, 5.74) is -1.35. The van der Waals surface area contributed by atoms with Crippen molar-refractivity contribution in [2.75, 3.05) is 20.3 Å². The Morgan fingerprint density at radius 2 is 2.20 bits per heavy atom. The van der Waals surface area contributed by atoms with Gasteiger partial charge in [0.1, 0.15) is 0 Å². The molecule has 0 N–H and O–H groups in total. The molecule has 1 atom stereocenters. The number of carbonyl (C=O) groups excluding carboxylic acids is 1. The van der Waals surface area contributed by atoms with E-state index in [9.17, 15) is 4.79 Å². The number of hydrogen-bond donors (Lipinski definition) is 0. The van der Waals surface area contributed by atoms with Crippen molar-refractivity contribution in [1.82, 2.24) is 0 Å². The average Bonchev–Trinajstić information content (AvgIpc) is 3.07. The smallest absolute Gasteiger partial charge is 0.312 e. The molecule has 0 spiro atoms. The van der Waals surface area contributed by atoms with Crippen LogP contribution in [0.4, 0.5) is 0 Å². The van der Waals surface area contributed by atoms with Gasteiger partial charge in [0, 0.05) is 12.5 Å². The molecule has 1 aliphatic heterocycles. The monoisotopic (exact) mass is 282 g/mol. The molecule has 5 heteroatoms. The van der Waals surface area contributed by atoms with E-state index in [0.29, 0.717) is 37.8 Å². The lowest BCUT2D eigenvalue weighted by atomic mass is 9.89. The Morgan fingerprint density at radius 3 is 2.70 bits per heavy atom. The summed E-state index contributed by atoms with van der Waals surface area (Å²) in [5.74, 6) is 0.741. The molecular weight excluding hydrogens is 260 g/mol. The minimum absolute atomic E-state index is 0.235. The topological polar surface area (TPSA) is 57.9 Å². The second-order valence-corrected chi connectivity index (χ2v) is 5.75. The molecular formula is C15H22O5. The second kappa shape index (κ2) is 5.48. The maximum Gasteiger partial charge on any atom is 0.312 e. The van der Waals surface area contributed by atoms with Crippen molar-refractivity contribution in [3.05, 3.63) is 17.9 Å². The Labute approximate surface area is 119 Å². The van der Waals surface area contributed by atoms with Crippen LogP contribution < -0.4 is 4.74 Å². The minimum atomic E-state index is -0.833. The van der Waals surface area contributed by atoms with Crippen LogP contribution in [0.1, 0.15) is 39.4 Å². The fourth-order valence-electron chi connectivity index (χ4n) is 2.01. The summed E-state index contributed by atoms with van der Waals surface area (Å²) >= 11 is 0. The van der Waals surface area contributed by atoms with Gasteiger partial charge in [0.05, 0.1) is 25.7 Å². The normalized spacial score (nSPS) is 22.8. The molecule has 1 aromatic rings. The summed E-state index contributed by atoms with van der Waals surface area (Å²) in [6.07, 6.45) is 1.31. The van der Waals surface area contributed by atoms with Crippen molar-refractivity contribution in [1.29, 1.82) is 0 Å². The van der Waals surface area contributed by atoms with Crippen molar-refractivity contribution in [3.8, 4) is 5.95 Å². The predicted octanol–water partition coefficient (Wildman–Crippen LogP) is 2.88. The molecule has 0 aromatic carbocycles. The average molecular weight is 282 g/mol. The van der Waals surface area contributed by atoms with Crippen LogP contribution in [0.25, 0.3) is 0 Å². The van der Waals surface area contributed by atoms with Crippen molar-refractivity contribution in [3.63, 3.8) is 0 Å². The number of hydrogen-bond acceptors (Lipinski definition) is 5. The minimum Gasteiger partial charge on any atom is -0.468 e. The molecule has 1 saturated heterocycles. The van der Waals surface area contributed by atoms with E-state index in [1.807, 2.05) is 20.8 Å². The Kier molecular flexibility index (Phi) is 4.09. The van der Waals surface area contributed by atoms with E-state index in [0.717, 1.165) is 0 Å². The zero-order valence-corrected chi connectivity index (χ0v) is 12.5. The van der Waals surface area contributed by atoms with E-state index in [4.69, 9.17) is 18.6 Å². The third-order valence-electron chi connectivity index (χ3n) is 3.94. The van der Waals surface area contributed by atoms with E-state index in [1.54, 1.807) is 12.1 Å². The van der Waals surface area contributed by atoms with E-state index in [2.05, 4.69) is 0 Å². The number of methoxy groups -OCH3 is 1. The van der Waals surface area contributed by atoms with Crippen LogP contribution in [0, 0.1) is 5.41 Å². The lowest BCUT2D eigenvalue weighted by Crippen LogP contribution is -2.38. The van der Waals surface area contributed by atoms with Crippen molar-refractivity contribution < 1.29 is 23.4 Å². The van der Waals surface area contributed by atoms with Gasteiger partial charge in [-0.05, 0) is 26.3 Å². The van der Waals surface area contributed by atoms with Gasteiger partial charge in [-0.1, -0.05) is 6.92 Å². The maximum atomic E-state index is 12.4. The first-order chi connectivity index (χ1) is 9.43. The van der Waals surface area contributed by atoms with E-state index >= 15 is 0 Å². The summed E-state index contributed by atoms with van der Waals surface area (Å²) < 4.78 is 21.8. The highest BCUT2D eigenvalue weighted by Crippen LogP contribution is 2.39. The van der Waals surface area contributed by atoms with Gasteiger partial charge in [0.2, 0.25) is 0 Å². The third kappa shape index (κ3) is 2.68. The molecule has 112 valence electrons. The van der Waals surface area contributed by atoms with Gasteiger partial charge in [-0.3, -0.25) is 4.79 Å². The van der Waals surface area contributed by atoms with Gasteiger partial charge < -0.3 is 18.6 Å². The second-order valence-electron chi connectivity index (χ2n) is 5.75. The van der Waals surface area contributed by atoms with Gasteiger partial charge >= 0.3 is 5.97 Å². The number of ether oxygens (including phenoxy) is 3. The molecule has 0 saturated carbocycles. The van der Waals surface area contributed by atoms with Gasteiger partial charge in [0.15, 0.2) is 11.4 Å². The van der Waals surface area contributed by atoms with Crippen LogP contribution in [-0.2, 0) is 19.9 Å². The fraction of sp³-hybridized carbons (Fsp3) is 0.667. The van der Waals surface area contributed by atoms with Gasteiger partial charge in [-0.2, -0.15) is 0 Å². The van der Waals surface area contributed by atoms with Crippen LogP contribution in [0.5, 0.6) is 5.95 Å². The van der Waals surface area contributed by atoms with E-state index < -0.39 is 11.0 Å². The molecule has 5 nitrogen and oxygen atoms in total.